The smallest absolute Gasteiger partial charge is 0.218 e. The fourth-order valence-electron chi connectivity index (χ4n) is 1.70. The van der Waals surface area contributed by atoms with Crippen LogP contribution in [0.2, 0.25) is 0 Å². The molecule has 3 nitrogen and oxygen atoms in total. The van der Waals surface area contributed by atoms with Gasteiger partial charge in [0.15, 0.2) is 0 Å². The summed E-state index contributed by atoms with van der Waals surface area (Å²) in [6.45, 7) is 6.49. The van der Waals surface area contributed by atoms with Crippen LogP contribution in [0, 0.1) is 17.7 Å². The summed E-state index contributed by atoms with van der Waals surface area (Å²) < 4.78 is 18.9. The van der Waals surface area contributed by atoms with Gasteiger partial charge in [0.1, 0.15) is 5.82 Å². The molecule has 4 heteroatoms. The minimum absolute atomic E-state index is 0.310. The van der Waals surface area contributed by atoms with Gasteiger partial charge in [-0.25, -0.2) is 9.37 Å². The lowest BCUT2D eigenvalue weighted by Crippen LogP contribution is -2.20. The van der Waals surface area contributed by atoms with Crippen LogP contribution in [0.1, 0.15) is 32.3 Å². The Balaban J connectivity index is 1.93. The standard InChI is InChI=1S/C14H21FN2O/c1-10(2)6-16-7-12-5-13(15)8-17-14(12)18-9-11-3-4-11/h5,8,10-11,16H,3-4,6-7,9H2,1-2H3. The third kappa shape index (κ3) is 4.26. The molecular weight excluding hydrogens is 231 g/mol. The van der Waals surface area contributed by atoms with Crippen molar-refractivity contribution >= 4 is 0 Å². The Labute approximate surface area is 108 Å². The van der Waals surface area contributed by atoms with Crippen LogP contribution in [0.5, 0.6) is 5.88 Å². The largest absolute Gasteiger partial charge is 0.477 e. The van der Waals surface area contributed by atoms with Gasteiger partial charge in [-0.3, -0.25) is 0 Å². The lowest BCUT2D eigenvalue weighted by molar-refractivity contribution is 0.283. The monoisotopic (exact) mass is 252 g/mol. The maximum atomic E-state index is 13.2. The highest BCUT2D eigenvalue weighted by Gasteiger charge is 2.22. The van der Waals surface area contributed by atoms with Gasteiger partial charge < -0.3 is 10.1 Å². The molecule has 0 aromatic carbocycles. The number of hydrogen-bond acceptors (Lipinski definition) is 3. The van der Waals surface area contributed by atoms with Gasteiger partial charge in [-0.2, -0.15) is 0 Å². The molecule has 0 amide bonds. The summed E-state index contributed by atoms with van der Waals surface area (Å²) in [7, 11) is 0. The molecule has 1 aliphatic carbocycles. The van der Waals surface area contributed by atoms with Gasteiger partial charge in [0.25, 0.3) is 0 Å². The van der Waals surface area contributed by atoms with Gasteiger partial charge in [0.2, 0.25) is 5.88 Å². The first-order valence-electron chi connectivity index (χ1n) is 6.63. The summed E-state index contributed by atoms with van der Waals surface area (Å²) >= 11 is 0. The number of hydrogen-bond donors (Lipinski definition) is 1. The second-order valence-corrected chi connectivity index (χ2v) is 5.40. The number of halogens is 1. The van der Waals surface area contributed by atoms with Gasteiger partial charge in [-0.1, -0.05) is 13.8 Å². The van der Waals surface area contributed by atoms with E-state index in [0.29, 0.717) is 30.9 Å². The number of nitrogens with one attached hydrogen (secondary N) is 1. The highest BCUT2D eigenvalue weighted by Crippen LogP contribution is 2.29. The molecule has 1 aromatic heterocycles. The second kappa shape index (κ2) is 6.14. The highest BCUT2D eigenvalue weighted by molar-refractivity contribution is 5.26. The molecule has 0 unspecified atom stereocenters. The number of aromatic nitrogens is 1. The van der Waals surface area contributed by atoms with E-state index in [1.165, 1.54) is 25.1 Å². The van der Waals surface area contributed by atoms with Crippen molar-refractivity contribution in [3.8, 4) is 5.88 Å². The summed E-state index contributed by atoms with van der Waals surface area (Å²) in [6, 6.07) is 1.50. The van der Waals surface area contributed by atoms with E-state index in [2.05, 4.69) is 24.1 Å². The minimum Gasteiger partial charge on any atom is -0.477 e. The van der Waals surface area contributed by atoms with Crippen LogP contribution in [0.4, 0.5) is 4.39 Å². The van der Waals surface area contributed by atoms with Gasteiger partial charge >= 0.3 is 0 Å². The molecule has 1 fully saturated rings. The Morgan fingerprint density at radius 1 is 1.50 bits per heavy atom. The van der Waals surface area contributed by atoms with Gasteiger partial charge in [0, 0.05) is 12.1 Å². The minimum atomic E-state index is -0.310. The van der Waals surface area contributed by atoms with E-state index in [-0.39, 0.29) is 5.82 Å². The normalized spacial score (nSPS) is 15.1. The van der Waals surface area contributed by atoms with Crippen molar-refractivity contribution in [1.29, 1.82) is 0 Å². The fraction of sp³-hybridized carbons (Fsp3) is 0.643. The molecular formula is C14H21FN2O. The molecule has 0 radical (unpaired) electrons. The van der Waals surface area contributed by atoms with Crippen molar-refractivity contribution in [2.24, 2.45) is 11.8 Å². The summed E-state index contributed by atoms with van der Waals surface area (Å²) in [6.07, 6.45) is 3.69. The molecule has 0 atom stereocenters. The Morgan fingerprint density at radius 2 is 2.28 bits per heavy atom. The molecule has 2 rings (SSSR count). The number of nitrogens with zero attached hydrogens (tertiary/aromatic N) is 1. The fourth-order valence-corrected chi connectivity index (χ4v) is 1.70. The average Bonchev–Trinajstić information content (AvgIpc) is 3.11. The Kier molecular flexibility index (Phi) is 4.53. The maximum absolute atomic E-state index is 13.2. The van der Waals surface area contributed by atoms with E-state index < -0.39 is 0 Å². The van der Waals surface area contributed by atoms with Crippen LogP contribution in [0.25, 0.3) is 0 Å². The third-order valence-electron chi connectivity index (χ3n) is 2.91. The zero-order chi connectivity index (χ0) is 13.0. The van der Waals surface area contributed by atoms with Crippen molar-refractivity contribution in [2.45, 2.75) is 33.2 Å². The van der Waals surface area contributed by atoms with E-state index in [4.69, 9.17) is 4.74 Å². The van der Waals surface area contributed by atoms with Crippen LogP contribution in [-0.4, -0.2) is 18.1 Å². The zero-order valence-electron chi connectivity index (χ0n) is 11.1. The van der Waals surface area contributed by atoms with E-state index in [1.807, 2.05) is 0 Å². The van der Waals surface area contributed by atoms with Gasteiger partial charge in [-0.05, 0) is 37.3 Å². The topological polar surface area (TPSA) is 34.2 Å². The van der Waals surface area contributed by atoms with Crippen molar-refractivity contribution in [1.82, 2.24) is 10.3 Å². The van der Waals surface area contributed by atoms with E-state index in [0.717, 1.165) is 12.1 Å². The molecule has 1 N–H and O–H groups in total. The molecule has 0 spiro atoms. The van der Waals surface area contributed by atoms with Crippen molar-refractivity contribution in [3.05, 3.63) is 23.6 Å². The Hall–Kier alpha value is -1.16. The lowest BCUT2D eigenvalue weighted by atomic mass is 10.2. The lowest BCUT2D eigenvalue weighted by Gasteiger charge is -2.12. The molecule has 0 saturated heterocycles. The Morgan fingerprint density at radius 3 is 2.94 bits per heavy atom. The van der Waals surface area contributed by atoms with E-state index in [1.54, 1.807) is 0 Å². The predicted octanol–water partition coefficient (Wildman–Crippen LogP) is 2.76. The molecule has 1 aromatic rings. The zero-order valence-corrected chi connectivity index (χ0v) is 11.1. The van der Waals surface area contributed by atoms with Crippen LogP contribution in [0.3, 0.4) is 0 Å². The van der Waals surface area contributed by atoms with Crippen LogP contribution < -0.4 is 10.1 Å². The van der Waals surface area contributed by atoms with Crippen LogP contribution in [0.15, 0.2) is 12.3 Å². The average molecular weight is 252 g/mol. The SMILES string of the molecule is CC(C)CNCc1cc(F)cnc1OCC1CC1. The maximum Gasteiger partial charge on any atom is 0.218 e. The molecule has 1 aliphatic rings. The summed E-state index contributed by atoms with van der Waals surface area (Å²) in [5.41, 5.74) is 0.802. The van der Waals surface area contributed by atoms with Gasteiger partial charge in [0.05, 0.1) is 12.8 Å². The molecule has 1 saturated carbocycles. The van der Waals surface area contributed by atoms with Gasteiger partial charge in [-0.15, -0.1) is 0 Å². The predicted molar refractivity (Wildman–Crippen MR) is 69.0 cm³/mol. The summed E-state index contributed by atoms with van der Waals surface area (Å²) in [5.74, 6) is 1.50. The first kappa shape index (κ1) is 13.3. The number of ether oxygens (including phenoxy) is 1. The number of pyridine rings is 1. The number of rotatable bonds is 7. The molecule has 0 bridgehead atoms. The Bertz CT molecular complexity index is 391. The van der Waals surface area contributed by atoms with Crippen LogP contribution >= 0.6 is 0 Å². The van der Waals surface area contributed by atoms with E-state index in [9.17, 15) is 4.39 Å². The van der Waals surface area contributed by atoms with Crippen molar-refractivity contribution < 1.29 is 9.13 Å². The molecule has 0 aliphatic heterocycles. The summed E-state index contributed by atoms with van der Waals surface area (Å²) in [4.78, 5) is 4.04. The quantitative estimate of drug-likeness (QED) is 0.810. The first-order valence-corrected chi connectivity index (χ1v) is 6.63. The highest BCUT2D eigenvalue weighted by atomic mass is 19.1. The first-order chi connectivity index (χ1) is 8.65. The third-order valence-corrected chi connectivity index (χ3v) is 2.91. The molecule has 100 valence electrons. The van der Waals surface area contributed by atoms with Crippen molar-refractivity contribution in [2.75, 3.05) is 13.2 Å². The van der Waals surface area contributed by atoms with Crippen molar-refractivity contribution in [3.63, 3.8) is 0 Å². The van der Waals surface area contributed by atoms with Crippen LogP contribution in [-0.2, 0) is 6.54 Å². The molecule has 18 heavy (non-hydrogen) atoms. The van der Waals surface area contributed by atoms with E-state index >= 15 is 0 Å². The summed E-state index contributed by atoms with van der Waals surface area (Å²) in [5, 5.41) is 3.29. The molecule has 1 heterocycles. The second-order valence-electron chi connectivity index (χ2n) is 5.40.